The van der Waals surface area contributed by atoms with E-state index in [4.69, 9.17) is 9.47 Å². The van der Waals surface area contributed by atoms with Crippen molar-refractivity contribution in [1.29, 1.82) is 0 Å². The van der Waals surface area contributed by atoms with Gasteiger partial charge in [-0.1, -0.05) is 48.0 Å². The molecule has 0 spiro atoms. The fourth-order valence-corrected chi connectivity index (χ4v) is 3.57. The summed E-state index contributed by atoms with van der Waals surface area (Å²) in [5.74, 6) is 0.755. The van der Waals surface area contributed by atoms with Crippen molar-refractivity contribution < 1.29 is 19.1 Å². The fraction of sp³-hybridized carbons (Fsp3) is 0.364. The molecule has 154 valence electrons. The monoisotopic (exact) mass is 460 g/mol. The first-order chi connectivity index (χ1) is 13.9. The molecule has 2 amide bonds. The first-order valence-corrected chi connectivity index (χ1v) is 10.4. The molecule has 1 heterocycles. The molecule has 0 aliphatic carbocycles. The number of amides is 2. The Morgan fingerprint density at radius 1 is 1.21 bits per heavy atom. The molecule has 1 aliphatic heterocycles. The maximum atomic E-state index is 12.9. The number of hydrogen-bond acceptors (Lipinski definition) is 4. The van der Waals surface area contributed by atoms with Crippen LogP contribution in [0, 0.1) is 5.92 Å². The number of ether oxygens (including phenoxy) is 2. The summed E-state index contributed by atoms with van der Waals surface area (Å²) < 4.78 is 12.1. The number of halogens is 1. The molecule has 0 fully saturated rings. The zero-order valence-electron chi connectivity index (χ0n) is 16.5. The topological polar surface area (TPSA) is 76.7 Å². The van der Waals surface area contributed by atoms with E-state index in [0.717, 1.165) is 15.8 Å². The zero-order valence-corrected chi connectivity index (χ0v) is 18.1. The Morgan fingerprint density at radius 3 is 2.69 bits per heavy atom. The highest BCUT2D eigenvalue weighted by atomic mass is 79.9. The summed E-state index contributed by atoms with van der Waals surface area (Å²) in [5, 5.41) is 5.86. The normalized spacial score (nSPS) is 16.3. The van der Waals surface area contributed by atoms with Gasteiger partial charge in [0, 0.05) is 16.5 Å². The van der Waals surface area contributed by atoms with Gasteiger partial charge in [0.25, 0.3) is 5.91 Å². The van der Waals surface area contributed by atoms with Gasteiger partial charge in [-0.25, -0.2) is 0 Å². The van der Waals surface area contributed by atoms with Crippen LogP contribution in [0.1, 0.15) is 31.9 Å². The minimum atomic E-state index is -0.652. The maximum Gasteiger partial charge on any atom is 0.258 e. The van der Waals surface area contributed by atoms with Crippen LogP contribution < -0.4 is 20.1 Å². The van der Waals surface area contributed by atoms with E-state index in [0.29, 0.717) is 18.8 Å². The molecule has 7 heteroatoms. The van der Waals surface area contributed by atoms with Gasteiger partial charge in [-0.3, -0.25) is 9.59 Å². The van der Waals surface area contributed by atoms with Gasteiger partial charge in [0.15, 0.2) is 6.61 Å². The molecule has 6 nitrogen and oxygen atoms in total. The van der Waals surface area contributed by atoms with E-state index in [1.54, 1.807) is 12.1 Å². The number of carbonyl (C=O) groups excluding carboxylic acids is 2. The fourth-order valence-electron chi connectivity index (χ4n) is 3.19. The minimum absolute atomic E-state index is 0.0718. The lowest BCUT2D eigenvalue weighted by Crippen LogP contribution is -2.51. The second-order valence-electron chi connectivity index (χ2n) is 7.27. The number of fused-ring (bicyclic) bond motifs is 1. The Bertz CT molecular complexity index is 857. The van der Waals surface area contributed by atoms with Crippen molar-refractivity contribution in [3.05, 3.63) is 58.6 Å². The van der Waals surface area contributed by atoms with Crippen LogP contribution in [0.5, 0.6) is 11.5 Å². The number of carbonyl (C=O) groups is 2. The van der Waals surface area contributed by atoms with Crippen molar-refractivity contribution >= 4 is 27.7 Å². The van der Waals surface area contributed by atoms with Crippen LogP contribution in [0.4, 0.5) is 0 Å². The van der Waals surface area contributed by atoms with Crippen LogP contribution in [0.15, 0.2) is 53.0 Å². The van der Waals surface area contributed by atoms with Gasteiger partial charge in [0.1, 0.15) is 17.5 Å². The molecule has 3 rings (SSSR count). The number of benzene rings is 2. The number of nitrogens with one attached hydrogen (secondary N) is 2. The molecule has 0 saturated heterocycles. The van der Waals surface area contributed by atoms with Gasteiger partial charge in [0.2, 0.25) is 5.91 Å². The van der Waals surface area contributed by atoms with Crippen molar-refractivity contribution in [2.24, 2.45) is 5.92 Å². The molecule has 2 unspecified atom stereocenters. The molecule has 2 aromatic carbocycles. The molecular formula is C22H25BrN2O4. The lowest BCUT2D eigenvalue weighted by molar-refractivity contribution is -0.131. The van der Waals surface area contributed by atoms with Gasteiger partial charge in [0.05, 0.1) is 12.6 Å². The van der Waals surface area contributed by atoms with Gasteiger partial charge in [-0.05, 0) is 36.2 Å². The molecule has 0 saturated carbocycles. The summed E-state index contributed by atoms with van der Waals surface area (Å²) in [6, 6.07) is 14.0. The highest BCUT2D eigenvalue weighted by Gasteiger charge is 2.29. The van der Waals surface area contributed by atoms with Gasteiger partial charge >= 0.3 is 0 Å². The smallest absolute Gasteiger partial charge is 0.258 e. The van der Waals surface area contributed by atoms with Crippen molar-refractivity contribution in [2.75, 3.05) is 13.2 Å². The van der Waals surface area contributed by atoms with Crippen LogP contribution in [-0.4, -0.2) is 31.1 Å². The van der Waals surface area contributed by atoms with Gasteiger partial charge in [-0.15, -0.1) is 0 Å². The lowest BCUT2D eigenvalue weighted by Gasteiger charge is -2.29. The SMILES string of the molecule is CC(C)C(NC(=O)COc1ccccc1)C(=O)NC1CCOc2ccc(Br)cc21. The van der Waals surface area contributed by atoms with Gasteiger partial charge in [-0.2, -0.15) is 0 Å². The molecule has 1 aliphatic rings. The summed E-state index contributed by atoms with van der Waals surface area (Å²) in [5.41, 5.74) is 0.931. The summed E-state index contributed by atoms with van der Waals surface area (Å²) in [6.07, 6.45) is 0.672. The average molecular weight is 461 g/mol. The largest absolute Gasteiger partial charge is 0.493 e. The van der Waals surface area contributed by atoms with Crippen molar-refractivity contribution in [2.45, 2.75) is 32.4 Å². The van der Waals surface area contributed by atoms with Crippen LogP contribution in [0.2, 0.25) is 0 Å². The van der Waals surface area contributed by atoms with E-state index < -0.39 is 6.04 Å². The Balaban J connectivity index is 1.61. The standard InChI is InChI=1S/C22H25BrN2O4/c1-14(2)21(25-20(26)13-29-16-6-4-3-5-7-16)22(27)24-18-10-11-28-19-9-8-15(23)12-17(18)19/h3-9,12,14,18,21H,10-11,13H2,1-2H3,(H,24,27)(H,25,26). The van der Waals surface area contributed by atoms with Crippen molar-refractivity contribution in [3.63, 3.8) is 0 Å². The summed E-state index contributed by atoms with van der Waals surface area (Å²) in [7, 11) is 0. The number of para-hydroxylation sites is 1. The highest BCUT2D eigenvalue weighted by molar-refractivity contribution is 9.10. The maximum absolute atomic E-state index is 12.9. The van der Waals surface area contributed by atoms with E-state index in [-0.39, 0.29) is 30.4 Å². The predicted octanol–water partition coefficient (Wildman–Crippen LogP) is 3.61. The van der Waals surface area contributed by atoms with Crippen LogP contribution >= 0.6 is 15.9 Å². The summed E-state index contributed by atoms with van der Waals surface area (Å²) >= 11 is 3.47. The Hall–Kier alpha value is -2.54. The first kappa shape index (κ1) is 21.2. The molecule has 0 aromatic heterocycles. The summed E-state index contributed by atoms with van der Waals surface area (Å²) in [6.45, 7) is 4.19. The minimum Gasteiger partial charge on any atom is -0.493 e. The Kier molecular flexibility index (Phi) is 7.14. The third-order valence-electron chi connectivity index (χ3n) is 4.71. The van der Waals surface area contributed by atoms with Crippen LogP contribution in [0.3, 0.4) is 0 Å². The molecule has 2 N–H and O–H groups in total. The molecule has 0 bridgehead atoms. The number of hydrogen-bond donors (Lipinski definition) is 2. The van der Waals surface area contributed by atoms with E-state index in [9.17, 15) is 9.59 Å². The van der Waals surface area contributed by atoms with Crippen molar-refractivity contribution in [3.8, 4) is 11.5 Å². The van der Waals surface area contributed by atoms with E-state index in [2.05, 4.69) is 26.6 Å². The van der Waals surface area contributed by atoms with E-state index in [1.165, 1.54) is 0 Å². The summed E-state index contributed by atoms with van der Waals surface area (Å²) in [4.78, 5) is 25.3. The number of rotatable bonds is 7. The quantitative estimate of drug-likeness (QED) is 0.661. The highest BCUT2D eigenvalue weighted by Crippen LogP contribution is 2.34. The Morgan fingerprint density at radius 2 is 1.97 bits per heavy atom. The predicted molar refractivity (Wildman–Crippen MR) is 114 cm³/mol. The molecule has 2 atom stereocenters. The molecule has 2 aromatic rings. The zero-order chi connectivity index (χ0) is 20.8. The van der Waals surface area contributed by atoms with Crippen LogP contribution in [-0.2, 0) is 9.59 Å². The van der Waals surface area contributed by atoms with Crippen molar-refractivity contribution in [1.82, 2.24) is 10.6 Å². The second kappa shape index (κ2) is 9.78. The third kappa shape index (κ3) is 5.73. The average Bonchev–Trinajstić information content (AvgIpc) is 2.71. The molecule has 0 radical (unpaired) electrons. The Labute approximate surface area is 179 Å². The second-order valence-corrected chi connectivity index (χ2v) is 8.19. The first-order valence-electron chi connectivity index (χ1n) is 9.64. The van der Waals surface area contributed by atoms with E-state index in [1.807, 2.05) is 50.2 Å². The lowest BCUT2D eigenvalue weighted by atomic mass is 9.98. The molecule has 29 heavy (non-hydrogen) atoms. The third-order valence-corrected chi connectivity index (χ3v) is 5.20. The van der Waals surface area contributed by atoms with Gasteiger partial charge < -0.3 is 20.1 Å². The van der Waals surface area contributed by atoms with E-state index >= 15 is 0 Å². The molecular weight excluding hydrogens is 436 g/mol. The van der Waals surface area contributed by atoms with Crippen LogP contribution in [0.25, 0.3) is 0 Å².